The molecule has 26 heavy (non-hydrogen) atoms. The lowest BCUT2D eigenvalue weighted by molar-refractivity contribution is -0.114. The maximum absolute atomic E-state index is 13.6. The zero-order chi connectivity index (χ0) is 19.5. The number of amides is 1. The Balaban J connectivity index is 2.31. The van der Waals surface area contributed by atoms with Crippen LogP contribution in [-0.2, 0) is 14.8 Å². The second kappa shape index (κ2) is 7.61. The highest BCUT2D eigenvalue weighted by atomic mass is 32.2. The molecule has 0 saturated carbocycles. The molecule has 0 aliphatic carbocycles. The van der Waals surface area contributed by atoms with Crippen molar-refractivity contribution in [2.24, 2.45) is 0 Å². The normalized spacial score (nSPS) is 11.1. The lowest BCUT2D eigenvalue weighted by Crippen LogP contribution is -2.37. The molecule has 0 fully saturated rings. The van der Waals surface area contributed by atoms with Crippen molar-refractivity contribution in [1.82, 2.24) is 0 Å². The fourth-order valence-corrected chi connectivity index (χ4v) is 3.05. The summed E-state index contributed by atoms with van der Waals surface area (Å²) >= 11 is 0. The van der Waals surface area contributed by atoms with Gasteiger partial charge in [-0.25, -0.2) is 17.2 Å². The van der Waals surface area contributed by atoms with Crippen LogP contribution in [-0.4, -0.2) is 32.9 Å². The first-order valence-corrected chi connectivity index (χ1v) is 9.27. The van der Waals surface area contributed by atoms with E-state index in [0.29, 0.717) is 0 Å². The van der Waals surface area contributed by atoms with Crippen molar-refractivity contribution < 1.29 is 26.8 Å². The quantitative estimate of drug-likeness (QED) is 0.779. The van der Waals surface area contributed by atoms with Gasteiger partial charge in [-0.3, -0.25) is 13.9 Å². The molecule has 2 rings (SSSR count). The number of benzene rings is 2. The van der Waals surface area contributed by atoms with Crippen LogP contribution in [0.5, 0.6) is 0 Å². The van der Waals surface area contributed by atoms with Gasteiger partial charge in [0.1, 0.15) is 23.9 Å². The molecular formula is C17H16F2N2O4S. The summed E-state index contributed by atoms with van der Waals surface area (Å²) in [6.07, 6.45) is 0.879. The Morgan fingerprint density at radius 3 is 2.19 bits per heavy atom. The molecule has 0 aromatic heterocycles. The molecule has 9 heteroatoms. The largest absolute Gasteiger partial charge is 0.320 e. The fourth-order valence-electron chi connectivity index (χ4n) is 2.21. The van der Waals surface area contributed by atoms with Crippen molar-refractivity contribution in [2.45, 2.75) is 6.92 Å². The smallest absolute Gasteiger partial charge is 0.245 e. The third kappa shape index (κ3) is 4.63. The average Bonchev–Trinajstić information content (AvgIpc) is 2.55. The second-order valence-corrected chi connectivity index (χ2v) is 7.43. The summed E-state index contributed by atoms with van der Waals surface area (Å²) in [5.41, 5.74) is -0.315. The van der Waals surface area contributed by atoms with Crippen molar-refractivity contribution in [2.75, 3.05) is 22.4 Å². The summed E-state index contributed by atoms with van der Waals surface area (Å²) in [5, 5.41) is 2.03. The van der Waals surface area contributed by atoms with Gasteiger partial charge in [-0.2, -0.15) is 0 Å². The van der Waals surface area contributed by atoms with Crippen molar-refractivity contribution in [3.05, 3.63) is 59.7 Å². The van der Waals surface area contributed by atoms with Crippen LogP contribution in [0.1, 0.15) is 17.3 Å². The van der Waals surface area contributed by atoms with E-state index >= 15 is 0 Å². The number of nitrogens with one attached hydrogen (secondary N) is 1. The number of para-hydroxylation sites is 1. The van der Waals surface area contributed by atoms with E-state index in [9.17, 15) is 26.8 Å². The third-order valence-electron chi connectivity index (χ3n) is 3.46. The monoisotopic (exact) mass is 382 g/mol. The fraction of sp³-hybridized carbons (Fsp3) is 0.176. The Labute approximate surface area is 149 Å². The number of halogens is 2. The Morgan fingerprint density at radius 1 is 1.08 bits per heavy atom. The number of nitrogens with zero attached hydrogens (tertiary/aromatic N) is 1. The molecule has 6 nitrogen and oxygen atoms in total. The SMILES string of the molecule is CC(=O)c1cccc(N(CC(=O)Nc2c(F)cccc2F)S(C)(=O)=O)c1. The predicted molar refractivity (Wildman–Crippen MR) is 93.6 cm³/mol. The Bertz CT molecular complexity index is 941. The van der Waals surface area contributed by atoms with Crippen molar-refractivity contribution in [3.8, 4) is 0 Å². The van der Waals surface area contributed by atoms with Crippen LogP contribution in [0, 0.1) is 11.6 Å². The van der Waals surface area contributed by atoms with E-state index in [4.69, 9.17) is 0 Å². The molecule has 0 radical (unpaired) electrons. The number of sulfonamides is 1. The maximum Gasteiger partial charge on any atom is 0.245 e. The van der Waals surface area contributed by atoms with E-state index in [1.165, 1.54) is 31.2 Å². The summed E-state index contributed by atoms with van der Waals surface area (Å²) in [5.74, 6) is -3.18. The van der Waals surface area contributed by atoms with E-state index in [-0.39, 0.29) is 17.0 Å². The van der Waals surface area contributed by atoms with E-state index in [1.807, 2.05) is 5.32 Å². The minimum atomic E-state index is -3.89. The molecule has 0 atom stereocenters. The van der Waals surface area contributed by atoms with Crippen molar-refractivity contribution >= 4 is 33.1 Å². The summed E-state index contributed by atoms with van der Waals surface area (Å²) < 4.78 is 52.1. The van der Waals surface area contributed by atoms with Crippen LogP contribution in [0.15, 0.2) is 42.5 Å². The molecule has 0 saturated heterocycles. The molecule has 0 spiro atoms. The standard InChI is InChI=1S/C17H16F2N2O4S/c1-11(22)12-5-3-6-13(9-12)21(26(2,24)25)10-16(23)20-17-14(18)7-4-8-15(17)19/h3-9H,10H2,1-2H3,(H,20,23). The van der Waals surface area contributed by atoms with Crippen molar-refractivity contribution in [1.29, 1.82) is 0 Å². The highest BCUT2D eigenvalue weighted by molar-refractivity contribution is 7.92. The van der Waals surface area contributed by atoms with Crippen LogP contribution >= 0.6 is 0 Å². The molecule has 1 amide bonds. The first kappa shape index (κ1) is 19.5. The van der Waals surface area contributed by atoms with Gasteiger partial charge in [0, 0.05) is 5.56 Å². The van der Waals surface area contributed by atoms with Crippen LogP contribution in [0.25, 0.3) is 0 Å². The van der Waals surface area contributed by atoms with E-state index in [0.717, 1.165) is 28.8 Å². The predicted octanol–water partition coefficient (Wildman–Crippen LogP) is 2.57. The molecule has 1 N–H and O–H groups in total. The highest BCUT2D eigenvalue weighted by Gasteiger charge is 2.22. The number of ketones is 1. The van der Waals surface area contributed by atoms with Crippen LogP contribution in [0.3, 0.4) is 0 Å². The lowest BCUT2D eigenvalue weighted by Gasteiger charge is -2.22. The average molecular weight is 382 g/mol. The number of carbonyl (C=O) groups excluding carboxylic acids is 2. The third-order valence-corrected chi connectivity index (χ3v) is 4.60. The molecule has 138 valence electrons. The zero-order valence-corrected chi connectivity index (χ0v) is 14.8. The summed E-state index contributed by atoms with van der Waals surface area (Å²) in [4.78, 5) is 23.6. The molecule has 0 unspecified atom stereocenters. The van der Waals surface area contributed by atoms with Crippen LogP contribution in [0.4, 0.5) is 20.2 Å². The topological polar surface area (TPSA) is 83.6 Å². The maximum atomic E-state index is 13.6. The minimum absolute atomic E-state index is 0.0874. The minimum Gasteiger partial charge on any atom is -0.320 e. The summed E-state index contributed by atoms with van der Waals surface area (Å²) in [6.45, 7) is 0.603. The van der Waals surface area contributed by atoms with Gasteiger partial charge in [0.25, 0.3) is 0 Å². The number of hydrogen-bond acceptors (Lipinski definition) is 4. The molecule has 0 aliphatic heterocycles. The number of Topliss-reactive ketones (excluding diaryl/α,β-unsaturated/α-hetero) is 1. The zero-order valence-electron chi connectivity index (χ0n) is 14.0. The van der Waals surface area contributed by atoms with E-state index < -0.39 is 39.8 Å². The summed E-state index contributed by atoms with van der Waals surface area (Å²) in [7, 11) is -3.89. The molecular weight excluding hydrogens is 366 g/mol. The summed E-state index contributed by atoms with van der Waals surface area (Å²) in [6, 6.07) is 8.76. The second-order valence-electron chi connectivity index (χ2n) is 5.52. The van der Waals surface area contributed by atoms with Gasteiger partial charge in [0.05, 0.1) is 11.9 Å². The van der Waals surface area contributed by atoms with Gasteiger partial charge in [-0.1, -0.05) is 18.2 Å². The number of anilines is 2. The first-order valence-electron chi connectivity index (χ1n) is 7.42. The van der Waals surface area contributed by atoms with E-state index in [2.05, 4.69) is 0 Å². The number of carbonyl (C=O) groups is 2. The van der Waals surface area contributed by atoms with Crippen molar-refractivity contribution in [3.63, 3.8) is 0 Å². The number of hydrogen-bond donors (Lipinski definition) is 1. The lowest BCUT2D eigenvalue weighted by atomic mass is 10.1. The molecule has 0 bridgehead atoms. The van der Waals surface area contributed by atoms with Gasteiger partial charge >= 0.3 is 0 Å². The Hall–Kier alpha value is -2.81. The van der Waals surface area contributed by atoms with Gasteiger partial charge in [-0.05, 0) is 31.2 Å². The molecule has 0 heterocycles. The van der Waals surface area contributed by atoms with Crippen LogP contribution in [0.2, 0.25) is 0 Å². The Kier molecular flexibility index (Phi) is 5.71. The first-order chi connectivity index (χ1) is 12.1. The highest BCUT2D eigenvalue weighted by Crippen LogP contribution is 2.21. The van der Waals surface area contributed by atoms with E-state index in [1.54, 1.807) is 0 Å². The molecule has 2 aromatic carbocycles. The van der Waals surface area contributed by atoms with Gasteiger partial charge in [0.2, 0.25) is 15.9 Å². The van der Waals surface area contributed by atoms with Crippen LogP contribution < -0.4 is 9.62 Å². The van der Waals surface area contributed by atoms with Gasteiger partial charge in [0.15, 0.2) is 5.78 Å². The number of rotatable bonds is 6. The molecule has 0 aliphatic rings. The van der Waals surface area contributed by atoms with Gasteiger partial charge < -0.3 is 5.32 Å². The van der Waals surface area contributed by atoms with Gasteiger partial charge in [-0.15, -0.1) is 0 Å². The molecule has 2 aromatic rings. The Morgan fingerprint density at radius 2 is 1.65 bits per heavy atom.